The molecule has 1 aliphatic rings. The summed E-state index contributed by atoms with van der Waals surface area (Å²) < 4.78 is 41.4. The fourth-order valence-electron chi connectivity index (χ4n) is 2.88. The predicted octanol–water partition coefficient (Wildman–Crippen LogP) is 0.526. The van der Waals surface area contributed by atoms with E-state index in [2.05, 4.69) is 36.3 Å². The molecule has 1 N–H and O–H groups in total. The first-order valence-electron chi connectivity index (χ1n) is 9.88. The van der Waals surface area contributed by atoms with E-state index < -0.39 is 39.8 Å². The third-order valence-electron chi connectivity index (χ3n) is 4.41. The lowest BCUT2D eigenvalue weighted by Gasteiger charge is -2.25. The van der Waals surface area contributed by atoms with E-state index in [0.29, 0.717) is 0 Å². The highest BCUT2D eigenvalue weighted by Gasteiger charge is 2.38. The Kier molecular flexibility index (Phi) is 7.14. The van der Waals surface area contributed by atoms with Crippen LogP contribution >= 0.6 is 15.9 Å². The van der Waals surface area contributed by atoms with Gasteiger partial charge in [0.05, 0.1) is 19.1 Å². The van der Waals surface area contributed by atoms with E-state index in [-0.39, 0.29) is 41.3 Å². The molecule has 3 rings (SSSR count). The first-order valence-corrected chi connectivity index (χ1v) is 12.5. The summed E-state index contributed by atoms with van der Waals surface area (Å²) in [5.41, 5.74) is -0.244. The van der Waals surface area contributed by atoms with E-state index in [1.54, 1.807) is 27.8 Å². The van der Waals surface area contributed by atoms with Gasteiger partial charge in [0.2, 0.25) is 6.10 Å². The molecule has 2 aromatic heterocycles. The number of nitrogens with one attached hydrogen (secondary N) is 1. The highest BCUT2D eigenvalue weighted by atomic mass is 79.9. The number of halogens is 1. The summed E-state index contributed by atoms with van der Waals surface area (Å²) in [5, 5.41) is 6.55. The number of nitrogens with zero attached hydrogens (tertiary/aromatic N) is 5. The molecule has 1 fully saturated rings. The normalized spacial score (nSPS) is 18.9. The van der Waals surface area contributed by atoms with Crippen LogP contribution in [0.4, 0.5) is 4.79 Å². The molecule has 0 aromatic carbocycles. The monoisotopic (exact) mass is 548 g/mol. The molecule has 13 nitrogen and oxygen atoms in total. The zero-order valence-corrected chi connectivity index (χ0v) is 21.1. The van der Waals surface area contributed by atoms with Crippen LogP contribution in [0.25, 0.3) is 11.0 Å². The van der Waals surface area contributed by atoms with Crippen LogP contribution in [-0.2, 0) is 24.3 Å². The standard InChI is InChI=1S/C18H25BrN6O7S/c1-18(2,3)32-17(27)24(4)6-7-30-11-9-20-15(26)13(11)31-16-21-8-10-12(22-16)14(19)23-25(10)33(5,28)29/h8,11,13H,6-7,9H2,1-5H3,(H,20,26)/t11-,13-/m0/s1. The van der Waals surface area contributed by atoms with Gasteiger partial charge in [0.25, 0.3) is 15.9 Å². The van der Waals surface area contributed by atoms with Crippen molar-refractivity contribution in [2.24, 2.45) is 0 Å². The second kappa shape index (κ2) is 9.38. The fourth-order valence-corrected chi connectivity index (χ4v) is 4.16. The second-order valence-corrected chi connectivity index (χ2v) is 10.9. The Hall–Kier alpha value is -2.52. The van der Waals surface area contributed by atoms with Gasteiger partial charge in [0.15, 0.2) is 4.60 Å². The molecule has 3 heterocycles. The Balaban J connectivity index is 1.65. The lowest BCUT2D eigenvalue weighted by Crippen LogP contribution is -2.39. The van der Waals surface area contributed by atoms with Crippen molar-refractivity contribution in [2.75, 3.05) is 33.0 Å². The number of hydrogen-bond acceptors (Lipinski definition) is 10. The van der Waals surface area contributed by atoms with Crippen LogP contribution in [0.5, 0.6) is 6.01 Å². The van der Waals surface area contributed by atoms with E-state index in [1.807, 2.05) is 0 Å². The van der Waals surface area contributed by atoms with Crippen molar-refractivity contribution >= 4 is 49.0 Å². The van der Waals surface area contributed by atoms with Crippen LogP contribution in [0, 0.1) is 0 Å². The van der Waals surface area contributed by atoms with Crippen molar-refractivity contribution < 1.29 is 32.2 Å². The van der Waals surface area contributed by atoms with Gasteiger partial charge in [-0.15, -0.1) is 5.10 Å². The van der Waals surface area contributed by atoms with Gasteiger partial charge in [-0.1, -0.05) is 0 Å². The molecule has 15 heteroatoms. The number of aromatic nitrogens is 4. The Morgan fingerprint density at radius 2 is 2.09 bits per heavy atom. The molecule has 2 atom stereocenters. The minimum Gasteiger partial charge on any atom is -0.447 e. The van der Waals surface area contributed by atoms with Gasteiger partial charge in [-0.2, -0.15) is 9.07 Å². The molecular formula is C18H25BrN6O7S. The van der Waals surface area contributed by atoms with Gasteiger partial charge in [0, 0.05) is 20.1 Å². The van der Waals surface area contributed by atoms with Gasteiger partial charge in [-0.25, -0.2) is 18.2 Å². The number of ether oxygens (including phenoxy) is 3. The van der Waals surface area contributed by atoms with E-state index in [1.165, 1.54) is 11.1 Å². The molecule has 1 saturated heterocycles. The van der Waals surface area contributed by atoms with E-state index in [0.717, 1.165) is 10.3 Å². The molecule has 0 aliphatic carbocycles. The minimum absolute atomic E-state index is 0.141. The van der Waals surface area contributed by atoms with Gasteiger partial charge < -0.3 is 24.4 Å². The minimum atomic E-state index is -3.66. The van der Waals surface area contributed by atoms with Crippen molar-refractivity contribution in [3.63, 3.8) is 0 Å². The summed E-state index contributed by atoms with van der Waals surface area (Å²) >= 11 is 3.17. The molecule has 33 heavy (non-hydrogen) atoms. The van der Waals surface area contributed by atoms with Gasteiger partial charge in [-0.3, -0.25) is 4.79 Å². The summed E-state index contributed by atoms with van der Waals surface area (Å²) in [6.07, 6.45) is 0.0848. The number of hydrogen-bond donors (Lipinski definition) is 1. The maximum Gasteiger partial charge on any atom is 0.410 e. The SMILES string of the molecule is CN(CCO[C@H]1CNC(=O)[C@H]1Oc1ncc2c(n1)c(Br)nn2S(C)(=O)=O)C(=O)OC(C)(C)C. The first-order chi connectivity index (χ1) is 15.3. The Bertz CT molecular complexity index is 1160. The van der Waals surface area contributed by atoms with Gasteiger partial charge >= 0.3 is 12.1 Å². The van der Waals surface area contributed by atoms with Crippen molar-refractivity contribution in [1.29, 1.82) is 0 Å². The number of rotatable bonds is 7. The van der Waals surface area contributed by atoms with Crippen LogP contribution in [0.1, 0.15) is 20.8 Å². The smallest absolute Gasteiger partial charge is 0.410 e. The number of amides is 2. The maximum absolute atomic E-state index is 12.3. The molecule has 0 saturated carbocycles. The summed E-state index contributed by atoms with van der Waals surface area (Å²) in [6.45, 7) is 5.91. The third-order valence-corrected chi connectivity index (χ3v) is 5.85. The van der Waals surface area contributed by atoms with Crippen molar-refractivity contribution in [3.8, 4) is 6.01 Å². The zero-order chi connectivity index (χ0) is 24.6. The first kappa shape index (κ1) is 25.1. The summed E-state index contributed by atoms with van der Waals surface area (Å²) in [6, 6.07) is -0.141. The lowest BCUT2D eigenvalue weighted by atomic mass is 10.2. The third kappa shape index (κ3) is 6.09. The molecule has 1 aliphatic heterocycles. The van der Waals surface area contributed by atoms with Crippen LogP contribution in [0.2, 0.25) is 0 Å². The Morgan fingerprint density at radius 1 is 1.39 bits per heavy atom. The van der Waals surface area contributed by atoms with E-state index in [4.69, 9.17) is 14.2 Å². The summed E-state index contributed by atoms with van der Waals surface area (Å²) in [4.78, 5) is 33.8. The van der Waals surface area contributed by atoms with Crippen molar-refractivity contribution in [3.05, 3.63) is 10.8 Å². The molecule has 0 spiro atoms. The van der Waals surface area contributed by atoms with E-state index in [9.17, 15) is 18.0 Å². The quantitative estimate of drug-likeness (QED) is 0.517. The number of carbonyl (C=O) groups is 2. The summed E-state index contributed by atoms with van der Waals surface area (Å²) in [7, 11) is -2.08. The van der Waals surface area contributed by atoms with Gasteiger partial charge in [-0.05, 0) is 36.7 Å². The molecular weight excluding hydrogens is 524 g/mol. The number of fused-ring (bicyclic) bond motifs is 1. The highest BCUT2D eigenvalue weighted by Crippen LogP contribution is 2.24. The molecule has 0 bridgehead atoms. The predicted molar refractivity (Wildman–Crippen MR) is 119 cm³/mol. The molecule has 0 unspecified atom stereocenters. The summed E-state index contributed by atoms with van der Waals surface area (Å²) in [5.74, 6) is -0.407. The molecule has 0 radical (unpaired) electrons. The van der Waals surface area contributed by atoms with Gasteiger partial charge in [0.1, 0.15) is 22.7 Å². The van der Waals surface area contributed by atoms with Crippen LogP contribution in [0.3, 0.4) is 0 Å². The molecule has 2 aromatic rings. The lowest BCUT2D eigenvalue weighted by molar-refractivity contribution is -0.128. The molecule has 2 amide bonds. The fraction of sp³-hybridized carbons (Fsp3) is 0.611. The topological polar surface area (TPSA) is 155 Å². The van der Waals surface area contributed by atoms with Crippen molar-refractivity contribution in [2.45, 2.75) is 38.6 Å². The average molecular weight is 549 g/mol. The molecule has 182 valence electrons. The average Bonchev–Trinajstić information content (AvgIpc) is 3.21. The number of likely N-dealkylation sites (N-methyl/N-ethyl adjacent to an activating group) is 1. The van der Waals surface area contributed by atoms with Crippen molar-refractivity contribution in [1.82, 2.24) is 29.4 Å². The zero-order valence-electron chi connectivity index (χ0n) is 18.7. The Morgan fingerprint density at radius 3 is 2.73 bits per heavy atom. The number of carbonyl (C=O) groups excluding carboxylic acids is 2. The van der Waals surface area contributed by atoms with E-state index >= 15 is 0 Å². The maximum atomic E-state index is 12.3. The second-order valence-electron chi connectivity index (χ2n) is 8.38. The highest BCUT2D eigenvalue weighted by molar-refractivity contribution is 9.10. The Labute approximate surface area is 198 Å². The van der Waals surface area contributed by atoms with Crippen LogP contribution in [0.15, 0.2) is 10.8 Å². The largest absolute Gasteiger partial charge is 0.447 e. The van der Waals surface area contributed by atoms with Crippen LogP contribution < -0.4 is 10.1 Å². The van der Waals surface area contributed by atoms with Crippen LogP contribution in [-0.4, -0.2) is 95.3 Å².